The highest BCUT2D eigenvalue weighted by atomic mass is 19.1. The van der Waals surface area contributed by atoms with Crippen LogP contribution in [-0.2, 0) is 11.2 Å². The lowest BCUT2D eigenvalue weighted by molar-refractivity contribution is -0.120. The van der Waals surface area contributed by atoms with Crippen molar-refractivity contribution >= 4 is 12.0 Å². The molecular formula is C25H33FN2O4. The van der Waals surface area contributed by atoms with Crippen LogP contribution in [0.5, 0.6) is 17.2 Å². The Hall–Kier alpha value is -3.06. The molecule has 0 unspecified atom stereocenters. The van der Waals surface area contributed by atoms with E-state index in [1.807, 2.05) is 18.2 Å². The van der Waals surface area contributed by atoms with E-state index in [1.165, 1.54) is 12.1 Å². The smallest absolute Gasteiger partial charge is 0.223 e. The summed E-state index contributed by atoms with van der Waals surface area (Å²) < 4.78 is 29.0. The minimum atomic E-state index is -0.269. The SMILES string of the molecule is COc1cc(CCCNCCCNC(=O)C/C=C/c2ccc(F)cc2)cc(OC)c1OC. The Kier molecular flexibility index (Phi) is 11.1. The summed E-state index contributed by atoms with van der Waals surface area (Å²) in [7, 11) is 4.82. The highest BCUT2D eigenvalue weighted by Gasteiger charge is 2.12. The molecule has 2 N–H and O–H groups in total. The summed E-state index contributed by atoms with van der Waals surface area (Å²) in [4.78, 5) is 11.9. The Bertz CT molecular complexity index is 844. The normalized spacial score (nSPS) is 10.9. The number of nitrogens with one attached hydrogen (secondary N) is 2. The second-order valence-corrected chi connectivity index (χ2v) is 7.25. The fourth-order valence-electron chi connectivity index (χ4n) is 3.21. The van der Waals surface area contributed by atoms with E-state index in [9.17, 15) is 9.18 Å². The van der Waals surface area contributed by atoms with Crippen LogP contribution in [0.3, 0.4) is 0 Å². The van der Waals surface area contributed by atoms with Gasteiger partial charge in [0.15, 0.2) is 11.5 Å². The van der Waals surface area contributed by atoms with Gasteiger partial charge in [0.05, 0.1) is 21.3 Å². The van der Waals surface area contributed by atoms with Gasteiger partial charge in [-0.1, -0.05) is 24.3 Å². The molecule has 7 heteroatoms. The highest BCUT2D eigenvalue weighted by Crippen LogP contribution is 2.38. The van der Waals surface area contributed by atoms with Crippen molar-refractivity contribution in [3.63, 3.8) is 0 Å². The van der Waals surface area contributed by atoms with Gasteiger partial charge >= 0.3 is 0 Å². The number of amides is 1. The fourth-order valence-corrected chi connectivity index (χ4v) is 3.21. The monoisotopic (exact) mass is 444 g/mol. The van der Waals surface area contributed by atoms with Crippen LogP contribution in [0, 0.1) is 5.82 Å². The maximum absolute atomic E-state index is 12.9. The van der Waals surface area contributed by atoms with Gasteiger partial charge in [-0.15, -0.1) is 0 Å². The lowest BCUT2D eigenvalue weighted by atomic mass is 10.1. The van der Waals surface area contributed by atoms with Crippen molar-refractivity contribution in [2.45, 2.75) is 25.7 Å². The van der Waals surface area contributed by atoms with Gasteiger partial charge in [0.1, 0.15) is 5.82 Å². The predicted molar refractivity (Wildman–Crippen MR) is 125 cm³/mol. The first-order valence-electron chi connectivity index (χ1n) is 10.8. The molecule has 174 valence electrons. The zero-order chi connectivity index (χ0) is 23.2. The number of rotatable bonds is 14. The number of aryl methyl sites for hydroxylation is 1. The maximum atomic E-state index is 12.9. The van der Waals surface area contributed by atoms with Crippen LogP contribution in [-0.4, -0.2) is 46.9 Å². The molecule has 2 aromatic rings. The van der Waals surface area contributed by atoms with Gasteiger partial charge in [-0.25, -0.2) is 4.39 Å². The van der Waals surface area contributed by atoms with Crippen LogP contribution >= 0.6 is 0 Å². The van der Waals surface area contributed by atoms with Crippen molar-refractivity contribution in [2.24, 2.45) is 0 Å². The van der Waals surface area contributed by atoms with Crippen LogP contribution < -0.4 is 24.8 Å². The number of carbonyl (C=O) groups excluding carboxylic acids is 1. The molecule has 2 rings (SSSR count). The summed E-state index contributed by atoms with van der Waals surface area (Å²) in [5.41, 5.74) is 2.00. The average Bonchev–Trinajstić information content (AvgIpc) is 2.81. The van der Waals surface area contributed by atoms with Crippen molar-refractivity contribution in [1.29, 1.82) is 0 Å². The summed E-state index contributed by atoms with van der Waals surface area (Å²) in [6.07, 6.45) is 6.62. The predicted octanol–water partition coefficient (Wildman–Crippen LogP) is 3.98. The maximum Gasteiger partial charge on any atom is 0.223 e. The second kappa shape index (κ2) is 14.1. The average molecular weight is 445 g/mol. The molecule has 0 aromatic heterocycles. The lowest BCUT2D eigenvalue weighted by Gasteiger charge is -2.14. The van der Waals surface area contributed by atoms with E-state index in [2.05, 4.69) is 10.6 Å². The Balaban J connectivity index is 1.57. The fraction of sp³-hybridized carbons (Fsp3) is 0.400. The quantitative estimate of drug-likeness (QED) is 0.432. The molecule has 0 saturated heterocycles. The topological polar surface area (TPSA) is 68.8 Å². The van der Waals surface area contributed by atoms with Crippen LogP contribution in [0.4, 0.5) is 4.39 Å². The Morgan fingerprint density at radius 2 is 1.59 bits per heavy atom. The Morgan fingerprint density at radius 3 is 2.22 bits per heavy atom. The minimum absolute atomic E-state index is 0.0224. The van der Waals surface area contributed by atoms with Crippen molar-refractivity contribution in [1.82, 2.24) is 10.6 Å². The number of methoxy groups -OCH3 is 3. The van der Waals surface area contributed by atoms with Gasteiger partial charge in [0, 0.05) is 13.0 Å². The van der Waals surface area contributed by atoms with E-state index in [0.29, 0.717) is 30.2 Å². The van der Waals surface area contributed by atoms with Gasteiger partial charge in [-0.2, -0.15) is 0 Å². The summed E-state index contributed by atoms with van der Waals surface area (Å²) in [5, 5.41) is 6.30. The molecule has 6 nitrogen and oxygen atoms in total. The molecule has 0 fully saturated rings. The molecule has 0 atom stereocenters. The molecule has 0 bridgehead atoms. The highest BCUT2D eigenvalue weighted by molar-refractivity contribution is 5.78. The van der Waals surface area contributed by atoms with E-state index >= 15 is 0 Å². The molecule has 0 saturated carbocycles. The third kappa shape index (κ3) is 8.59. The Morgan fingerprint density at radius 1 is 0.938 bits per heavy atom. The van der Waals surface area contributed by atoms with Gasteiger partial charge in [0.25, 0.3) is 0 Å². The third-order valence-corrected chi connectivity index (χ3v) is 4.88. The summed E-state index contributed by atoms with van der Waals surface area (Å²) in [5.74, 6) is 1.64. The van der Waals surface area contributed by atoms with Gasteiger partial charge in [0.2, 0.25) is 11.7 Å². The van der Waals surface area contributed by atoms with Crippen LogP contribution in [0.15, 0.2) is 42.5 Å². The molecule has 0 aliphatic rings. The zero-order valence-corrected chi connectivity index (χ0v) is 19.1. The Labute approximate surface area is 189 Å². The number of halogens is 1. The van der Waals surface area contributed by atoms with Crippen LogP contribution in [0.25, 0.3) is 6.08 Å². The largest absolute Gasteiger partial charge is 0.493 e. The molecule has 0 aliphatic heterocycles. The molecule has 0 heterocycles. The number of hydrogen-bond donors (Lipinski definition) is 2. The lowest BCUT2D eigenvalue weighted by Crippen LogP contribution is -2.27. The van der Waals surface area contributed by atoms with Crippen molar-refractivity contribution in [2.75, 3.05) is 41.0 Å². The molecule has 1 amide bonds. The minimum Gasteiger partial charge on any atom is -0.493 e. The number of carbonyl (C=O) groups is 1. The molecule has 0 aliphatic carbocycles. The summed E-state index contributed by atoms with van der Waals surface area (Å²) >= 11 is 0. The molecular weight excluding hydrogens is 411 g/mol. The first-order valence-corrected chi connectivity index (χ1v) is 10.8. The number of ether oxygens (including phenoxy) is 3. The van der Waals surface area contributed by atoms with Gasteiger partial charge in [-0.3, -0.25) is 4.79 Å². The molecule has 0 radical (unpaired) electrons. The van der Waals surface area contributed by atoms with E-state index in [0.717, 1.165) is 43.5 Å². The number of hydrogen-bond acceptors (Lipinski definition) is 5. The van der Waals surface area contributed by atoms with Gasteiger partial charge in [-0.05, 0) is 67.7 Å². The number of benzene rings is 2. The van der Waals surface area contributed by atoms with Crippen molar-refractivity contribution in [3.8, 4) is 17.2 Å². The first-order chi connectivity index (χ1) is 15.6. The molecule has 0 spiro atoms. The van der Waals surface area contributed by atoms with Crippen LogP contribution in [0.1, 0.15) is 30.4 Å². The zero-order valence-electron chi connectivity index (χ0n) is 19.1. The van der Waals surface area contributed by atoms with Crippen molar-refractivity contribution < 1.29 is 23.4 Å². The second-order valence-electron chi connectivity index (χ2n) is 7.25. The standard InChI is InChI=1S/C25H33FN2O4/c1-30-22-17-20(18-23(31-2)25(22)32-3)8-5-14-27-15-6-16-28-24(29)9-4-7-19-10-12-21(26)13-11-19/h4,7,10-13,17-18,27H,5-6,8-9,14-16H2,1-3H3,(H,28,29)/b7-4+. The summed E-state index contributed by atoms with van der Waals surface area (Å²) in [6.45, 7) is 2.34. The molecule has 2 aromatic carbocycles. The van der Waals surface area contributed by atoms with Crippen LogP contribution in [0.2, 0.25) is 0 Å². The summed E-state index contributed by atoms with van der Waals surface area (Å²) in [6, 6.07) is 10.1. The molecule has 32 heavy (non-hydrogen) atoms. The third-order valence-electron chi connectivity index (χ3n) is 4.88. The van der Waals surface area contributed by atoms with E-state index in [1.54, 1.807) is 39.5 Å². The van der Waals surface area contributed by atoms with E-state index < -0.39 is 0 Å². The van der Waals surface area contributed by atoms with Gasteiger partial charge < -0.3 is 24.8 Å². The van der Waals surface area contributed by atoms with Crippen molar-refractivity contribution in [3.05, 3.63) is 59.4 Å². The van der Waals surface area contributed by atoms with E-state index in [4.69, 9.17) is 14.2 Å². The first kappa shape index (κ1) is 25.2. The van der Waals surface area contributed by atoms with E-state index in [-0.39, 0.29) is 11.7 Å².